The van der Waals surface area contributed by atoms with Crippen molar-refractivity contribution in [3.8, 4) is 0 Å². The number of aryl methyl sites for hydroxylation is 2. The highest BCUT2D eigenvalue weighted by Gasteiger charge is 2.80. The molecule has 0 N–H and O–H groups in total. The third-order valence-corrected chi connectivity index (χ3v) is 10.5. The van der Waals surface area contributed by atoms with Crippen LogP contribution in [0.3, 0.4) is 0 Å². The predicted octanol–water partition coefficient (Wildman–Crippen LogP) is 12.2. The summed E-state index contributed by atoms with van der Waals surface area (Å²) in [7, 11) is 0. The maximum absolute atomic E-state index is 16.0. The van der Waals surface area contributed by atoms with Crippen LogP contribution < -0.4 is 0 Å². The first-order valence-corrected chi connectivity index (χ1v) is 16.1. The van der Waals surface area contributed by atoms with Gasteiger partial charge in [-0.3, -0.25) is 0 Å². The molecule has 0 nitrogen and oxygen atoms in total. The summed E-state index contributed by atoms with van der Waals surface area (Å²) < 4.78 is 96.3. The number of alkyl halides is 6. The number of unbranched alkanes of at least 4 members (excludes halogenated alkanes) is 6. The van der Waals surface area contributed by atoms with E-state index >= 15 is 26.3 Å². The van der Waals surface area contributed by atoms with E-state index in [0.717, 1.165) is 38.5 Å². The molecular formula is C33H34F6S2. The lowest BCUT2D eigenvalue weighted by atomic mass is 9.90. The lowest BCUT2D eigenvalue weighted by Crippen LogP contribution is -2.49. The van der Waals surface area contributed by atoms with E-state index in [2.05, 4.69) is 13.8 Å². The van der Waals surface area contributed by atoms with E-state index in [1.54, 1.807) is 48.5 Å². The minimum atomic E-state index is -5.57. The van der Waals surface area contributed by atoms with Gasteiger partial charge in [0, 0.05) is 52.2 Å². The molecule has 5 rings (SSSR count). The van der Waals surface area contributed by atoms with Gasteiger partial charge in [-0.05, 0) is 37.8 Å². The first-order chi connectivity index (χ1) is 19.6. The fourth-order valence-electron chi connectivity index (χ4n) is 5.91. The Morgan fingerprint density at radius 1 is 0.537 bits per heavy atom. The molecule has 0 radical (unpaired) electrons. The highest BCUT2D eigenvalue weighted by Crippen LogP contribution is 2.67. The molecule has 0 spiro atoms. The second-order valence-corrected chi connectivity index (χ2v) is 13.2. The Morgan fingerprint density at radius 2 is 0.927 bits per heavy atom. The summed E-state index contributed by atoms with van der Waals surface area (Å²) in [6.45, 7) is 4.10. The third-order valence-electron chi connectivity index (χ3n) is 8.02. The molecule has 41 heavy (non-hydrogen) atoms. The number of halogens is 6. The van der Waals surface area contributed by atoms with Gasteiger partial charge in [0.05, 0.1) is 0 Å². The van der Waals surface area contributed by atoms with Crippen LogP contribution in [0.2, 0.25) is 0 Å². The summed E-state index contributed by atoms with van der Waals surface area (Å²) in [6, 6.07) is 13.4. The van der Waals surface area contributed by atoms with Gasteiger partial charge in [0.1, 0.15) is 0 Å². The SMILES string of the molecule is CCCCCCc1sc2ccccc2c1C1=C(c2c(CCCCCC)sc3ccccc23)C(F)(F)C(F)(F)C1(F)F. The molecule has 1 aliphatic rings. The van der Waals surface area contributed by atoms with E-state index in [-0.39, 0.29) is 11.1 Å². The van der Waals surface area contributed by atoms with Crippen LogP contribution in [0.4, 0.5) is 26.3 Å². The van der Waals surface area contributed by atoms with Gasteiger partial charge in [0.15, 0.2) is 0 Å². The topological polar surface area (TPSA) is 0 Å². The van der Waals surface area contributed by atoms with E-state index in [1.165, 1.54) is 22.7 Å². The summed E-state index contributed by atoms with van der Waals surface area (Å²) in [4.78, 5) is 0.930. The van der Waals surface area contributed by atoms with Gasteiger partial charge < -0.3 is 0 Å². The van der Waals surface area contributed by atoms with E-state index in [4.69, 9.17) is 0 Å². The van der Waals surface area contributed by atoms with Crippen molar-refractivity contribution < 1.29 is 26.3 Å². The Labute approximate surface area is 245 Å². The summed E-state index contributed by atoms with van der Waals surface area (Å²) in [6.07, 6.45) is 7.59. The van der Waals surface area contributed by atoms with E-state index < -0.39 is 28.9 Å². The number of hydrogen-bond donors (Lipinski definition) is 0. The van der Waals surface area contributed by atoms with E-state index in [9.17, 15) is 0 Å². The fraction of sp³-hybridized carbons (Fsp3) is 0.455. The zero-order chi connectivity index (χ0) is 29.4. The number of rotatable bonds is 12. The smallest absolute Gasteiger partial charge is 0.194 e. The summed E-state index contributed by atoms with van der Waals surface area (Å²) in [5, 5.41) is 0.653. The average molecular weight is 609 g/mol. The van der Waals surface area contributed by atoms with Crippen LogP contribution >= 0.6 is 22.7 Å². The summed E-state index contributed by atoms with van der Waals surface area (Å²) >= 11 is 2.48. The highest BCUT2D eigenvalue weighted by molar-refractivity contribution is 7.19. The number of allylic oxidation sites excluding steroid dienone is 2. The van der Waals surface area contributed by atoms with Crippen molar-refractivity contribution >= 4 is 54.0 Å². The second kappa shape index (κ2) is 11.8. The maximum Gasteiger partial charge on any atom is 0.380 e. The molecule has 0 amide bonds. The van der Waals surface area contributed by atoms with Crippen molar-refractivity contribution in [1.82, 2.24) is 0 Å². The van der Waals surface area contributed by atoms with Crippen LogP contribution in [-0.4, -0.2) is 17.8 Å². The van der Waals surface area contributed by atoms with E-state index in [0.29, 0.717) is 55.6 Å². The van der Waals surface area contributed by atoms with Crippen molar-refractivity contribution in [2.45, 2.75) is 95.8 Å². The Hall–Kier alpha value is -2.32. The number of benzene rings is 2. The molecule has 220 valence electrons. The molecule has 2 aromatic heterocycles. The lowest BCUT2D eigenvalue weighted by Gasteiger charge is -2.26. The summed E-state index contributed by atoms with van der Waals surface area (Å²) in [5.74, 6) is -15.7. The minimum absolute atomic E-state index is 0.133. The molecule has 1 aliphatic carbocycles. The zero-order valence-corrected chi connectivity index (χ0v) is 24.9. The zero-order valence-electron chi connectivity index (χ0n) is 23.3. The molecule has 0 bridgehead atoms. The normalized spacial score (nSPS) is 17.8. The quantitative estimate of drug-likeness (QED) is 0.111. The molecule has 8 heteroatoms. The average Bonchev–Trinajstić information content (AvgIpc) is 3.51. The Bertz CT molecular complexity index is 1440. The van der Waals surface area contributed by atoms with Crippen molar-refractivity contribution in [3.63, 3.8) is 0 Å². The lowest BCUT2D eigenvalue weighted by molar-refractivity contribution is -0.254. The first-order valence-electron chi connectivity index (χ1n) is 14.5. The second-order valence-electron chi connectivity index (χ2n) is 10.9. The molecule has 0 fully saturated rings. The molecule has 0 saturated carbocycles. The molecule has 4 aromatic rings. The van der Waals surface area contributed by atoms with Crippen LogP contribution in [0.1, 0.15) is 86.1 Å². The number of thiophene rings is 2. The van der Waals surface area contributed by atoms with Gasteiger partial charge in [-0.25, -0.2) is 0 Å². The minimum Gasteiger partial charge on any atom is -0.194 e. The molecule has 2 heterocycles. The number of fused-ring (bicyclic) bond motifs is 2. The van der Waals surface area contributed by atoms with Crippen LogP contribution in [0.15, 0.2) is 48.5 Å². The third kappa shape index (κ3) is 5.03. The fourth-order valence-corrected chi connectivity index (χ4v) is 8.41. The predicted molar refractivity (Wildman–Crippen MR) is 161 cm³/mol. The van der Waals surface area contributed by atoms with Crippen LogP contribution in [0.5, 0.6) is 0 Å². The Balaban J connectivity index is 1.82. The van der Waals surface area contributed by atoms with Gasteiger partial charge in [0.2, 0.25) is 0 Å². The molecular weight excluding hydrogens is 574 g/mol. The van der Waals surface area contributed by atoms with Crippen LogP contribution in [-0.2, 0) is 12.8 Å². The standard InChI is InChI=1S/C33H34F6S2/c1-3-5-7-9-19-25-27(21-15-11-13-17-23(21)40-25)29-30(32(36,37)33(38,39)31(29,34)35)28-22-16-12-14-18-24(22)41-26(28)20-10-8-6-4-2/h11-18H,3-10,19-20H2,1-2H3. The summed E-state index contributed by atoms with van der Waals surface area (Å²) in [5.41, 5.74) is -2.67. The number of hydrogen-bond acceptors (Lipinski definition) is 2. The molecule has 0 aliphatic heterocycles. The molecule has 2 aromatic carbocycles. The largest absolute Gasteiger partial charge is 0.380 e. The van der Waals surface area contributed by atoms with E-state index in [1.807, 2.05) is 0 Å². The maximum atomic E-state index is 16.0. The van der Waals surface area contributed by atoms with Crippen molar-refractivity contribution in [1.29, 1.82) is 0 Å². The Morgan fingerprint density at radius 3 is 1.32 bits per heavy atom. The van der Waals surface area contributed by atoms with Gasteiger partial charge in [-0.15, -0.1) is 22.7 Å². The van der Waals surface area contributed by atoms with Crippen molar-refractivity contribution in [2.24, 2.45) is 0 Å². The molecule has 0 saturated heterocycles. The van der Waals surface area contributed by atoms with Crippen LogP contribution in [0.25, 0.3) is 31.3 Å². The Kier molecular flexibility index (Phi) is 8.64. The molecule has 0 atom stereocenters. The molecule has 0 unspecified atom stereocenters. The van der Waals surface area contributed by atoms with Crippen LogP contribution in [0, 0.1) is 0 Å². The van der Waals surface area contributed by atoms with Crippen molar-refractivity contribution in [3.05, 3.63) is 69.4 Å². The first kappa shape index (κ1) is 30.1. The van der Waals surface area contributed by atoms with Gasteiger partial charge in [0.25, 0.3) is 0 Å². The monoisotopic (exact) mass is 608 g/mol. The van der Waals surface area contributed by atoms with Gasteiger partial charge in [-0.2, -0.15) is 26.3 Å². The van der Waals surface area contributed by atoms with Crippen molar-refractivity contribution in [2.75, 3.05) is 0 Å². The van der Waals surface area contributed by atoms with Gasteiger partial charge >= 0.3 is 17.8 Å². The highest BCUT2D eigenvalue weighted by atomic mass is 32.1. The van der Waals surface area contributed by atoms with Gasteiger partial charge in [-0.1, -0.05) is 88.8 Å².